The Balaban J connectivity index is 1.59. The summed E-state index contributed by atoms with van der Waals surface area (Å²) >= 11 is 0. The lowest BCUT2D eigenvalue weighted by atomic mass is 10.2. The minimum absolute atomic E-state index is 0.190. The number of carbonyl (C=O) groups is 1. The maximum Gasteiger partial charge on any atom is 0.323 e. The van der Waals surface area contributed by atoms with Crippen molar-refractivity contribution in [2.45, 2.75) is 12.8 Å². The fraction of sp³-hybridized carbons (Fsp3) is 0.235. The quantitative estimate of drug-likeness (QED) is 0.890. The molecular weight excluding hydrogens is 300 g/mol. The van der Waals surface area contributed by atoms with Crippen LogP contribution in [0.1, 0.15) is 12.8 Å². The van der Waals surface area contributed by atoms with Crippen LogP contribution in [0.15, 0.2) is 42.5 Å². The highest BCUT2D eigenvalue weighted by Crippen LogP contribution is 2.22. The molecule has 0 unspecified atom stereocenters. The Kier molecular flexibility index (Phi) is 4.41. The number of hydrogen-bond donors (Lipinski definition) is 2. The summed E-state index contributed by atoms with van der Waals surface area (Å²) in [4.78, 5) is 14.2. The number of benzene rings is 2. The zero-order valence-electron chi connectivity index (χ0n) is 12.5. The highest BCUT2D eigenvalue weighted by molar-refractivity contribution is 5.99. The Hall–Kier alpha value is -2.63. The van der Waals surface area contributed by atoms with Crippen molar-refractivity contribution in [3.8, 4) is 0 Å². The number of nitrogens with one attached hydrogen (secondary N) is 2. The van der Waals surface area contributed by atoms with Gasteiger partial charge in [-0.3, -0.25) is 0 Å². The maximum atomic E-state index is 13.1. The molecule has 0 aromatic heterocycles. The van der Waals surface area contributed by atoms with E-state index in [-0.39, 0.29) is 5.69 Å². The summed E-state index contributed by atoms with van der Waals surface area (Å²) in [7, 11) is 0. The summed E-state index contributed by atoms with van der Waals surface area (Å²) in [5.41, 5.74) is 1.96. The molecule has 0 saturated carbocycles. The van der Waals surface area contributed by atoms with Gasteiger partial charge in [-0.15, -0.1) is 0 Å². The molecule has 0 bridgehead atoms. The number of amides is 2. The monoisotopic (exact) mass is 317 g/mol. The van der Waals surface area contributed by atoms with E-state index in [2.05, 4.69) is 15.5 Å². The topological polar surface area (TPSA) is 44.4 Å². The van der Waals surface area contributed by atoms with E-state index >= 15 is 0 Å². The largest absolute Gasteiger partial charge is 0.372 e. The van der Waals surface area contributed by atoms with Gasteiger partial charge in [0.2, 0.25) is 0 Å². The molecular formula is C17H17F2N3O. The molecule has 1 aliphatic heterocycles. The standard InChI is InChI=1S/C17H17F2N3O/c18-15-8-5-13(11-16(15)19)21-17(23)20-12-3-6-14(7-4-12)22-9-1-2-10-22/h3-8,11H,1-2,9-10H2,(H2,20,21,23). The number of carbonyl (C=O) groups excluding carboxylic acids is 1. The van der Waals surface area contributed by atoms with Gasteiger partial charge >= 0.3 is 6.03 Å². The van der Waals surface area contributed by atoms with Crippen molar-refractivity contribution in [1.29, 1.82) is 0 Å². The molecule has 0 radical (unpaired) electrons. The van der Waals surface area contributed by atoms with Crippen LogP contribution in [0.4, 0.5) is 30.6 Å². The number of hydrogen-bond acceptors (Lipinski definition) is 2. The lowest BCUT2D eigenvalue weighted by molar-refractivity contribution is 0.262. The van der Waals surface area contributed by atoms with E-state index in [9.17, 15) is 13.6 Å². The van der Waals surface area contributed by atoms with E-state index in [1.807, 2.05) is 24.3 Å². The summed E-state index contributed by atoms with van der Waals surface area (Å²) in [6.07, 6.45) is 2.41. The van der Waals surface area contributed by atoms with Gasteiger partial charge in [0.1, 0.15) is 0 Å². The Morgan fingerprint density at radius 3 is 2.13 bits per heavy atom. The predicted molar refractivity (Wildman–Crippen MR) is 86.9 cm³/mol. The molecule has 6 heteroatoms. The number of urea groups is 1. The van der Waals surface area contributed by atoms with Crippen LogP contribution in [0, 0.1) is 11.6 Å². The first-order chi connectivity index (χ1) is 11.1. The molecule has 1 fully saturated rings. The Labute approximate surface area is 133 Å². The van der Waals surface area contributed by atoms with Gasteiger partial charge < -0.3 is 15.5 Å². The summed E-state index contributed by atoms with van der Waals surface area (Å²) in [6, 6.07) is 10.2. The van der Waals surface area contributed by atoms with Crippen molar-refractivity contribution in [1.82, 2.24) is 0 Å². The lowest BCUT2D eigenvalue weighted by Crippen LogP contribution is -2.20. The fourth-order valence-electron chi connectivity index (χ4n) is 2.60. The molecule has 4 nitrogen and oxygen atoms in total. The summed E-state index contributed by atoms with van der Waals surface area (Å²) in [6.45, 7) is 2.12. The lowest BCUT2D eigenvalue weighted by Gasteiger charge is -2.17. The third-order valence-corrected chi connectivity index (χ3v) is 3.77. The molecule has 1 heterocycles. The zero-order valence-corrected chi connectivity index (χ0v) is 12.5. The highest BCUT2D eigenvalue weighted by Gasteiger charge is 2.12. The number of rotatable bonds is 3. The van der Waals surface area contributed by atoms with Gasteiger partial charge in [-0.25, -0.2) is 13.6 Å². The molecule has 3 rings (SSSR count). The molecule has 120 valence electrons. The molecule has 1 aliphatic rings. The Morgan fingerprint density at radius 2 is 1.48 bits per heavy atom. The highest BCUT2D eigenvalue weighted by atomic mass is 19.2. The zero-order chi connectivity index (χ0) is 16.2. The van der Waals surface area contributed by atoms with Gasteiger partial charge in [0.25, 0.3) is 0 Å². The van der Waals surface area contributed by atoms with Crippen molar-refractivity contribution >= 4 is 23.1 Å². The second-order valence-electron chi connectivity index (χ2n) is 5.45. The molecule has 2 N–H and O–H groups in total. The first kappa shape index (κ1) is 15.3. The molecule has 1 saturated heterocycles. The number of nitrogens with zero attached hydrogens (tertiary/aromatic N) is 1. The van der Waals surface area contributed by atoms with Crippen molar-refractivity contribution in [2.24, 2.45) is 0 Å². The summed E-state index contributed by atoms with van der Waals surface area (Å²) in [5, 5.41) is 5.12. The van der Waals surface area contributed by atoms with Crippen LogP contribution in [0.2, 0.25) is 0 Å². The molecule has 2 amide bonds. The van der Waals surface area contributed by atoms with Gasteiger partial charge in [0, 0.05) is 36.2 Å². The van der Waals surface area contributed by atoms with Gasteiger partial charge in [0.05, 0.1) is 0 Å². The molecule has 0 atom stereocenters. The van der Waals surface area contributed by atoms with E-state index in [1.165, 1.54) is 18.9 Å². The van der Waals surface area contributed by atoms with Crippen molar-refractivity contribution in [2.75, 3.05) is 28.6 Å². The van der Waals surface area contributed by atoms with Crippen molar-refractivity contribution in [3.63, 3.8) is 0 Å². The van der Waals surface area contributed by atoms with E-state index in [4.69, 9.17) is 0 Å². The minimum atomic E-state index is -1.00. The second kappa shape index (κ2) is 6.64. The van der Waals surface area contributed by atoms with Crippen LogP contribution < -0.4 is 15.5 Å². The van der Waals surface area contributed by atoms with Crippen LogP contribution in [0.25, 0.3) is 0 Å². The molecule has 23 heavy (non-hydrogen) atoms. The average Bonchev–Trinajstić information content (AvgIpc) is 3.06. The van der Waals surface area contributed by atoms with Crippen LogP contribution in [0.5, 0.6) is 0 Å². The predicted octanol–water partition coefficient (Wildman–Crippen LogP) is 4.21. The van der Waals surface area contributed by atoms with Crippen LogP contribution in [-0.4, -0.2) is 19.1 Å². The Morgan fingerprint density at radius 1 is 0.870 bits per heavy atom. The fourth-order valence-corrected chi connectivity index (χ4v) is 2.60. The smallest absolute Gasteiger partial charge is 0.323 e. The normalized spacial score (nSPS) is 13.9. The van der Waals surface area contributed by atoms with Gasteiger partial charge in [-0.05, 0) is 49.2 Å². The third kappa shape index (κ3) is 3.77. The van der Waals surface area contributed by atoms with E-state index < -0.39 is 17.7 Å². The van der Waals surface area contributed by atoms with Crippen LogP contribution >= 0.6 is 0 Å². The van der Waals surface area contributed by atoms with Crippen molar-refractivity contribution in [3.05, 3.63) is 54.1 Å². The third-order valence-electron chi connectivity index (χ3n) is 3.77. The van der Waals surface area contributed by atoms with Crippen molar-refractivity contribution < 1.29 is 13.6 Å². The van der Waals surface area contributed by atoms with Gasteiger partial charge in [0.15, 0.2) is 11.6 Å². The molecule has 0 spiro atoms. The maximum absolute atomic E-state index is 13.1. The molecule has 2 aromatic carbocycles. The second-order valence-corrected chi connectivity index (χ2v) is 5.45. The summed E-state index contributed by atoms with van der Waals surface area (Å²) in [5.74, 6) is -1.95. The number of anilines is 3. The van der Waals surface area contributed by atoms with Crippen LogP contribution in [0.3, 0.4) is 0 Å². The van der Waals surface area contributed by atoms with Crippen LogP contribution in [-0.2, 0) is 0 Å². The number of halogens is 2. The first-order valence-corrected chi connectivity index (χ1v) is 7.50. The SMILES string of the molecule is O=C(Nc1ccc(N2CCCC2)cc1)Nc1ccc(F)c(F)c1. The minimum Gasteiger partial charge on any atom is -0.372 e. The first-order valence-electron chi connectivity index (χ1n) is 7.50. The average molecular weight is 317 g/mol. The Bertz CT molecular complexity index is 697. The molecule has 2 aromatic rings. The van der Waals surface area contributed by atoms with Gasteiger partial charge in [-0.1, -0.05) is 0 Å². The van der Waals surface area contributed by atoms with E-state index in [1.54, 1.807) is 0 Å². The summed E-state index contributed by atoms with van der Waals surface area (Å²) < 4.78 is 25.9. The van der Waals surface area contributed by atoms with Gasteiger partial charge in [-0.2, -0.15) is 0 Å². The van der Waals surface area contributed by atoms with E-state index in [0.29, 0.717) is 5.69 Å². The molecule has 0 aliphatic carbocycles. The van der Waals surface area contributed by atoms with E-state index in [0.717, 1.165) is 30.9 Å².